The van der Waals surface area contributed by atoms with E-state index in [2.05, 4.69) is 0 Å². The molecule has 0 aliphatic carbocycles. The van der Waals surface area contributed by atoms with Gasteiger partial charge in [-0.15, -0.1) is 0 Å². The van der Waals surface area contributed by atoms with Gasteiger partial charge >= 0.3 is 0 Å². The number of halogens is 2. The van der Waals surface area contributed by atoms with Gasteiger partial charge in [0.25, 0.3) is 5.91 Å². The molecule has 1 amide bonds. The predicted molar refractivity (Wildman–Crippen MR) is 107 cm³/mol. The molecule has 5 nitrogen and oxygen atoms in total. The monoisotopic (exact) mass is 419 g/mol. The van der Waals surface area contributed by atoms with E-state index in [1.165, 1.54) is 0 Å². The van der Waals surface area contributed by atoms with Crippen LogP contribution in [-0.4, -0.2) is 42.4 Å². The molecule has 1 spiro atoms. The zero-order valence-corrected chi connectivity index (χ0v) is 16.8. The number of methoxy groups -OCH3 is 1. The first-order chi connectivity index (χ1) is 13.4. The van der Waals surface area contributed by atoms with E-state index in [9.17, 15) is 9.59 Å². The summed E-state index contributed by atoms with van der Waals surface area (Å²) in [5.74, 6) is 1.17. The maximum atomic E-state index is 12.8. The minimum absolute atomic E-state index is 0.0457. The molecule has 0 saturated carbocycles. The standard InChI is InChI=1S/C21H19Cl2NO4/c1-27-14-3-5-19-15(11-14)18(25)12-21(28-19)6-8-24(9-7-21)20(26)13-2-4-16(22)17(23)10-13/h2-5,10-11H,6-9,12H2,1H3. The van der Waals surface area contributed by atoms with Gasteiger partial charge in [0.2, 0.25) is 0 Å². The topological polar surface area (TPSA) is 55.8 Å². The first-order valence-electron chi connectivity index (χ1n) is 9.05. The van der Waals surface area contributed by atoms with Crippen LogP contribution in [0, 0.1) is 0 Å². The van der Waals surface area contributed by atoms with Gasteiger partial charge in [0, 0.05) is 31.5 Å². The summed E-state index contributed by atoms with van der Waals surface area (Å²) in [6, 6.07) is 10.2. The molecule has 2 aromatic carbocycles. The quantitative estimate of drug-likeness (QED) is 0.710. The third kappa shape index (κ3) is 3.45. The number of hydrogen-bond acceptors (Lipinski definition) is 4. The summed E-state index contributed by atoms with van der Waals surface area (Å²) in [7, 11) is 1.57. The van der Waals surface area contributed by atoms with Crippen molar-refractivity contribution >= 4 is 34.9 Å². The number of carbonyl (C=O) groups excluding carboxylic acids is 2. The Kier molecular flexibility index (Phi) is 4.98. The predicted octanol–water partition coefficient (Wildman–Crippen LogP) is 4.64. The zero-order valence-electron chi connectivity index (χ0n) is 15.3. The van der Waals surface area contributed by atoms with Crippen LogP contribution in [0.5, 0.6) is 11.5 Å². The fourth-order valence-electron chi connectivity index (χ4n) is 3.81. The van der Waals surface area contributed by atoms with Crippen molar-refractivity contribution in [1.29, 1.82) is 0 Å². The van der Waals surface area contributed by atoms with E-state index in [0.717, 1.165) is 0 Å². The SMILES string of the molecule is COc1ccc2c(c1)C(=O)CC1(CCN(C(=O)c3ccc(Cl)c(Cl)c3)CC1)O2. The van der Waals surface area contributed by atoms with Gasteiger partial charge in [-0.25, -0.2) is 0 Å². The molecule has 28 heavy (non-hydrogen) atoms. The molecule has 2 aliphatic heterocycles. The molecule has 0 bridgehead atoms. The van der Waals surface area contributed by atoms with Crippen molar-refractivity contribution in [3.8, 4) is 11.5 Å². The Labute approximate surface area is 173 Å². The smallest absolute Gasteiger partial charge is 0.253 e. The van der Waals surface area contributed by atoms with Crippen molar-refractivity contribution in [2.45, 2.75) is 24.9 Å². The lowest BCUT2D eigenvalue weighted by atomic mass is 9.82. The normalized spacial score (nSPS) is 17.8. The maximum Gasteiger partial charge on any atom is 0.253 e. The highest BCUT2D eigenvalue weighted by atomic mass is 35.5. The second-order valence-electron chi connectivity index (χ2n) is 7.17. The summed E-state index contributed by atoms with van der Waals surface area (Å²) < 4.78 is 11.4. The minimum atomic E-state index is -0.562. The van der Waals surface area contributed by atoms with Crippen molar-refractivity contribution in [3.63, 3.8) is 0 Å². The highest BCUT2D eigenvalue weighted by molar-refractivity contribution is 6.42. The molecule has 4 rings (SSSR count). The molecule has 1 saturated heterocycles. The molecule has 0 N–H and O–H groups in total. The van der Waals surface area contributed by atoms with E-state index in [4.69, 9.17) is 32.7 Å². The molecular weight excluding hydrogens is 401 g/mol. The van der Waals surface area contributed by atoms with Gasteiger partial charge in [-0.3, -0.25) is 9.59 Å². The number of carbonyl (C=O) groups is 2. The van der Waals surface area contributed by atoms with Gasteiger partial charge < -0.3 is 14.4 Å². The van der Waals surface area contributed by atoms with Gasteiger partial charge in [0.1, 0.15) is 17.1 Å². The summed E-state index contributed by atoms with van der Waals surface area (Å²) in [5.41, 5.74) is 0.496. The Balaban J connectivity index is 1.48. The number of likely N-dealkylation sites (tertiary alicyclic amines) is 1. The summed E-state index contributed by atoms with van der Waals surface area (Å²) in [5, 5.41) is 0.773. The minimum Gasteiger partial charge on any atom is -0.497 e. The van der Waals surface area contributed by atoms with Crippen LogP contribution in [0.25, 0.3) is 0 Å². The van der Waals surface area contributed by atoms with E-state index < -0.39 is 5.60 Å². The van der Waals surface area contributed by atoms with Crippen LogP contribution >= 0.6 is 23.2 Å². The van der Waals surface area contributed by atoms with E-state index >= 15 is 0 Å². The molecule has 7 heteroatoms. The number of ether oxygens (including phenoxy) is 2. The lowest BCUT2D eigenvalue weighted by molar-refractivity contribution is -0.00576. The molecule has 2 aliphatic rings. The van der Waals surface area contributed by atoms with E-state index in [1.807, 2.05) is 0 Å². The van der Waals surface area contributed by atoms with Crippen molar-refractivity contribution < 1.29 is 19.1 Å². The fraction of sp³-hybridized carbons (Fsp3) is 0.333. The lowest BCUT2D eigenvalue weighted by Gasteiger charge is -2.44. The van der Waals surface area contributed by atoms with Crippen molar-refractivity contribution in [3.05, 3.63) is 57.6 Å². The van der Waals surface area contributed by atoms with Gasteiger partial charge in [-0.05, 0) is 36.4 Å². The Morgan fingerprint density at radius 1 is 1.11 bits per heavy atom. The summed E-state index contributed by atoms with van der Waals surface area (Å²) in [6.45, 7) is 1.02. The van der Waals surface area contributed by atoms with E-state index in [-0.39, 0.29) is 11.7 Å². The van der Waals surface area contributed by atoms with E-state index in [0.29, 0.717) is 65.0 Å². The fourth-order valence-corrected chi connectivity index (χ4v) is 4.11. The van der Waals surface area contributed by atoms with Crippen LogP contribution in [-0.2, 0) is 0 Å². The lowest BCUT2D eigenvalue weighted by Crippen LogP contribution is -2.52. The van der Waals surface area contributed by atoms with Gasteiger partial charge in [0.15, 0.2) is 5.78 Å². The Hall–Kier alpha value is -2.24. The number of piperidine rings is 1. The van der Waals surface area contributed by atoms with Crippen molar-refractivity contribution in [1.82, 2.24) is 4.90 Å². The first-order valence-corrected chi connectivity index (χ1v) is 9.81. The van der Waals surface area contributed by atoms with Crippen molar-refractivity contribution in [2.24, 2.45) is 0 Å². The number of hydrogen-bond donors (Lipinski definition) is 0. The molecule has 2 heterocycles. The number of ketones is 1. The summed E-state index contributed by atoms with van der Waals surface area (Å²) in [6.07, 6.45) is 1.50. The van der Waals surface area contributed by atoms with Crippen LogP contribution in [0.3, 0.4) is 0 Å². The van der Waals surface area contributed by atoms with Crippen LogP contribution in [0.2, 0.25) is 10.0 Å². The molecule has 0 aromatic heterocycles. The van der Waals surface area contributed by atoms with Crippen LogP contribution < -0.4 is 9.47 Å². The Bertz CT molecular complexity index is 951. The van der Waals surface area contributed by atoms with Gasteiger partial charge in [-0.2, -0.15) is 0 Å². The highest BCUT2D eigenvalue weighted by Gasteiger charge is 2.43. The first kappa shape index (κ1) is 19.1. The number of fused-ring (bicyclic) bond motifs is 1. The van der Waals surface area contributed by atoms with Crippen molar-refractivity contribution in [2.75, 3.05) is 20.2 Å². The number of amides is 1. The molecule has 0 radical (unpaired) electrons. The van der Waals surface area contributed by atoms with Crippen LogP contribution in [0.4, 0.5) is 0 Å². The van der Waals surface area contributed by atoms with Crippen LogP contribution in [0.15, 0.2) is 36.4 Å². The molecular formula is C21H19Cl2NO4. The number of Topliss-reactive ketones (excluding diaryl/α,β-unsaturated/α-hetero) is 1. The average molecular weight is 420 g/mol. The molecule has 1 fully saturated rings. The maximum absolute atomic E-state index is 12.8. The third-order valence-electron chi connectivity index (χ3n) is 5.42. The largest absolute Gasteiger partial charge is 0.497 e. The molecule has 0 atom stereocenters. The second kappa shape index (κ2) is 7.30. The second-order valence-corrected chi connectivity index (χ2v) is 7.98. The van der Waals surface area contributed by atoms with E-state index in [1.54, 1.807) is 48.4 Å². The summed E-state index contributed by atoms with van der Waals surface area (Å²) in [4.78, 5) is 27.2. The average Bonchev–Trinajstić information content (AvgIpc) is 2.70. The molecule has 0 unspecified atom stereocenters. The highest BCUT2D eigenvalue weighted by Crippen LogP contribution is 2.40. The zero-order chi connectivity index (χ0) is 19.9. The van der Waals surface area contributed by atoms with Gasteiger partial charge in [-0.1, -0.05) is 23.2 Å². The molecule has 146 valence electrons. The summed E-state index contributed by atoms with van der Waals surface area (Å²) >= 11 is 12.0. The number of nitrogens with zero attached hydrogens (tertiary/aromatic N) is 1. The van der Waals surface area contributed by atoms with Gasteiger partial charge in [0.05, 0.1) is 29.1 Å². The Morgan fingerprint density at radius 3 is 2.54 bits per heavy atom. The molecule has 2 aromatic rings. The Morgan fingerprint density at radius 2 is 1.86 bits per heavy atom. The number of rotatable bonds is 2. The number of benzene rings is 2. The third-order valence-corrected chi connectivity index (χ3v) is 6.16. The van der Waals surface area contributed by atoms with Crippen LogP contribution in [0.1, 0.15) is 40.0 Å².